The molecule has 0 radical (unpaired) electrons. The van der Waals surface area contributed by atoms with Crippen LogP contribution in [-0.4, -0.2) is 32.5 Å². The number of rotatable bonds is 5. The fourth-order valence-electron chi connectivity index (χ4n) is 4.17. The Morgan fingerprint density at radius 1 is 0.933 bits per heavy atom. The van der Waals surface area contributed by atoms with Crippen LogP contribution in [0.5, 0.6) is 0 Å². The quantitative estimate of drug-likeness (QED) is 0.512. The van der Waals surface area contributed by atoms with Crippen molar-refractivity contribution in [1.29, 1.82) is 0 Å². The standard InChI is InChI=1S/C24H20N4O2/c29-23-24(19-9-3-1-4-10-19,20-11-5-2-6-12-20)13-15-28(23)17-21-26-22(27-30-21)18-8-7-14-25-16-18/h1-12,14,16H,13,15,17H2. The van der Waals surface area contributed by atoms with Gasteiger partial charge >= 0.3 is 0 Å². The van der Waals surface area contributed by atoms with E-state index < -0.39 is 5.41 Å². The van der Waals surface area contributed by atoms with Crippen molar-refractivity contribution in [1.82, 2.24) is 20.0 Å². The van der Waals surface area contributed by atoms with E-state index in [0.29, 0.717) is 24.7 Å². The Balaban J connectivity index is 1.45. The fraction of sp³-hybridized carbons (Fsp3) is 0.167. The molecule has 0 aliphatic carbocycles. The number of carbonyl (C=O) groups excluding carboxylic acids is 1. The van der Waals surface area contributed by atoms with Crippen LogP contribution in [0, 0.1) is 0 Å². The van der Waals surface area contributed by atoms with Gasteiger partial charge in [-0.15, -0.1) is 0 Å². The molecule has 148 valence electrons. The highest BCUT2D eigenvalue weighted by Gasteiger charge is 2.49. The minimum atomic E-state index is -0.700. The van der Waals surface area contributed by atoms with Gasteiger partial charge < -0.3 is 9.42 Å². The maximum absolute atomic E-state index is 13.7. The van der Waals surface area contributed by atoms with E-state index in [2.05, 4.69) is 15.1 Å². The van der Waals surface area contributed by atoms with Gasteiger partial charge in [-0.25, -0.2) is 0 Å². The summed E-state index contributed by atoms with van der Waals surface area (Å²) in [5.74, 6) is 0.947. The van der Waals surface area contributed by atoms with E-state index in [4.69, 9.17) is 4.52 Å². The van der Waals surface area contributed by atoms with Crippen molar-refractivity contribution in [3.8, 4) is 11.4 Å². The molecule has 0 N–H and O–H groups in total. The van der Waals surface area contributed by atoms with Gasteiger partial charge in [0, 0.05) is 24.5 Å². The predicted octanol–water partition coefficient (Wildman–Crippen LogP) is 3.85. The molecule has 3 heterocycles. The van der Waals surface area contributed by atoms with Gasteiger partial charge in [0.1, 0.15) is 12.0 Å². The smallest absolute Gasteiger partial charge is 0.246 e. The van der Waals surface area contributed by atoms with Crippen molar-refractivity contribution in [2.45, 2.75) is 18.4 Å². The second kappa shape index (κ2) is 7.55. The first kappa shape index (κ1) is 18.2. The number of likely N-dealkylation sites (tertiary alicyclic amines) is 1. The number of hydrogen-bond donors (Lipinski definition) is 0. The number of benzene rings is 2. The van der Waals surface area contributed by atoms with Crippen molar-refractivity contribution < 1.29 is 9.32 Å². The van der Waals surface area contributed by atoms with E-state index >= 15 is 0 Å². The van der Waals surface area contributed by atoms with Gasteiger partial charge in [-0.3, -0.25) is 9.78 Å². The van der Waals surface area contributed by atoms with Gasteiger partial charge in [-0.2, -0.15) is 4.98 Å². The lowest BCUT2D eigenvalue weighted by Gasteiger charge is -2.29. The van der Waals surface area contributed by atoms with E-state index in [1.165, 1.54) is 0 Å². The molecule has 6 nitrogen and oxygen atoms in total. The summed E-state index contributed by atoms with van der Waals surface area (Å²) in [5, 5.41) is 4.04. The normalized spacial score (nSPS) is 15.5. The van der Waals surface area contributed by atoms with Crippen LogP contribution in [-0.2, 0) is 16.8 Å². The van der Waals surface area contributed by atoms with Gasteiger partial charge in [0.2, 0.25) is 17.6 Å². The van der Waals surface area contributed by atoms with E-state index in [0.717, 1.165) is 16.7 Å². The van der Waals surface area contributed by atoms with Crippen LogP contribution in [0.15, 0.2) is 89.7 Å². The molecule has 0 bridgehead atoms. The Kier molecular flexibility index (Phi) is 4.59. The van der Waals surface area contributed by atoms with Crippen molar-refractivity contribution in [2.24, 2.45) is 0 Å². The summed E-state index contributed by atoms with van der Waals surface area (Å²) in [6.07, 6.45) is 4.08. The summed E-state index contributed by atoms with van der Waals surface area (Å²) in [6.45, 7) is 0.904. The fourth-order valence-corrected chi connectivity index (χ4v) is 4.17. The van der Waals surface area contributed by atoms with Crippen molar-refractivity contribution >= 4 is 5.91 Å². The van der Waals surface area contributed by atoms with E-state index in [1.807, 2.05) is 72.8 Å². The molecule has 0 unspecified atom stereocenters. The average Bonchev–Trinajstić information content (AvgIpc) is 3.42. The number of aromatic nitrogens is 3. The topological polar surface area (TPSA) is 72.1 Å². The first-order valence-electron chi connectivity index (χ1n) is 9.91. The number of carbonyl (C=O) groups is 1. The SMILES string of the molecule is O=C1N(Cc2nc(-c3cccnc3)no2)CCC1(c1ccccc1)c1ccccc1. The molecule has 0 atom stereocenters. The highest BCUT2D eigenvalue weighted by molar-refractivity contribution is 5.94. The Labute approximate surface area is 174 Å². The van der Waals surface area contributed by atoms with Crippen LogP contribution in [0.25, 0.3) is 11.4 Å². The molecule has 0 spiro atoms. The zero-order chi connectivity index (χ0) is 20.4. The highest BCUT2D eigenvalue weighted by atomic mass is 16.5. The number of hydrogen-bond acceptors (Lipinski definition) is 5. The van der Waals surface area contributed by atoms with Crippen LogP contribution in [0.3, 0.4) is 0 Å². The van der Waals surface area contributed by atoms with Crippen LogP contribution < -0.4 is 0 Å². The molecule has 1 aliphatic rings. The molecule has 4 aromatic rings. The maximum Gasteiger partial charge on any atom is 0.246 e. The largest absolute Gasteiger partial charge is 0.337 e. The van der Waals surface area contributed by atoms with Gasteiger partial charge in [-0.05, 0) is 29.7 Å². The number of pyridine rings is 1. The third-order valence-electron chi connectivity index (χ3n) is 5.66. The zero-order valence-corrected chi connectivity index (χ0v) is 16.3. The Bertz CT molecular complexity index is 1100. The number of amides is 1. The molecule has 30 heavy (non-hydrogen) atoms. The highest BCUT2D eigenvalue weighted by Crippen LogP contribution is 2.42. The van der Waals surface area contributed by atoms with Gasteiger partial charge in [0.25, 0.3) is 0 Å². The van der Waals surface area contributed by atoms with Gasteiger partial charge in [0.05, 0.1) is 0 Å². The first-order chi connectivity index (χ1) is 14.8. The summed E-state index contributed by atoms with van der Waals surface area (Å²) in [6, 6.07) is 23.7. The van der Waals surface area contributed by atoms with Crippen LogP contribution >= 0.6 is 0 Å². The molecule has 1 saturated heterocycles. The molecule has 2 aromatic carbocycles. The van der Waals surface area contributed by atoms with Crippen molar-refractivity contribution in [2.75, 3.05) is 6.54 Å². The molecule has 1 aliphatic heterocycles. The Morgan fingerprint density at radius 3 is 2.27 bits per heavy atom. The summed E-state index contributed by atoms with van der Waals surface area (Å²) < 4.78 is 5.43. The minimum Gasteiger partial charge on any atom is -0.337 e. The van der Waals surface area contributed by atoms with E-state index in [9.17, 15) is 4.79 Å². The molecule has 1 fully saturated rings. The maximum atomic E-state index is 13.7. The molecular formula is C24H20N4O2. The molecular weight excluding hydrogens is 376 g/mol. The monoisotopic (exact) mass is 396 g/mol. The van der Waals surface area contributed by atoms with Crippen LogP contribution in [0.2, 0.25) is 0 Å². The van der Waals surface area contributed by atoms with Gasteiger partial charge in [-0.1, -0.05) is 65.8 Å². The molecule has 0 saturated carbocycles. The molecule has 6 heteroatoms. The third-order valence-corrected chi connectivity index (χ3v) is 5.66. The van der Waals surface area contributed by atoms with Crippen molar-refractivity contribution in [3.63, 3.8) is 0 Å². The lowest BCUT2D eigenvalue weighted by molar-refractivity contribution is -0.132. The predicted molar refractivity (Wildman–Crippen MR) is 111 cm³/mol. The second-order valence-electron chi connectivity index (χ2n) is 7.37. The first-order valence-corrected chi connectivity index (χ1v) is 9.91. The van der Waals surface area contributed by atoms with Crippen LogP contribution in [0.4, 0.5) is 0 Å². The zero-order valence-electron chi connectivity index (χ0n) is 16.3. The molecule has 2 aromatic heterocycles. The third kappa shape index (κ3) is 3.06. The molecule has 5 rings (SSSR count). The van der Waals surface area contributed by atoms with Crippen LogP contribution in [0.1, 0.15) is 23.4 Å². The minimum absolute atomic E-state index is 0.0565. The van der Waals surface area contributed by atoms with E-state index in [1.54, 1.807) is 17.3 Å². The summed E-state index contributed by atoms with van der Waals surface area (Å²) >= 11 is 0. The summed E-state index contributed by atoms with van der Waals surface area (Å²) in [4.78, 5) is 24.1. The van der Waals surface area contributed by atoms with Gasteiger partial charge in [0.15, 0.2) is 0 Å². The summed E-state index contributed by atoms with van der Waals surface area (Å²) in [5.41, 5.74) is 2.09. The molecule has 1 amide bonds. The van der Waals surface area contributed by atoms with Crippen molar-refractivity contribution in [3.05, 3.63) is 102 Å². The number of nitrogens with zero attached hydrogens (tertiary/aromatic N) is 4. The van der Waals surface area contributed by atoms with E-state index in [-0.39, 0.29) is 12.5 Å². The lowest BCUT2D eigenvalue weighted by atomic mass is 9.73. The lowest BCUT2D eigenvalue weighted by Crippen LogP contribution is -2.38. The summed E-state index contributed by atoms with van der Waals surface area (Å²) in [7, 11) is 0. The second-order valence-corrected chi connectivity index (χ2v) is 7.37. The average molecular weight is 396 g/mol. The Morgan fingerprint density at radius 2 is 1.63 bits per heavy atom. The Hall–Kier alpha value is -3.80.